The Labute approximate surface area is 146 Å². The van der Waals surface area contributed by atoms with Gasteiger partial charge in [0, 0.05) is 24.5 Å². The van der Waals surface area contributed by atoms with E-state index in [1.165, 1.54) is 0 Å². The zero-order chi connectivity index (χ0) is 15.0. The summed E-state index contributed by atoms with van der Waals surface area (Å²) in [4.78, 5) is 0. The summed E-state index contributed by atoms with van der Waals surface area (Å²) in [5.74, 6) is 1.01. The Morgan fingerprint density at radius 3 is 2.38 bits per heavy atom. The Morgan fingerprint density at radius 2 is 1.67 bits per heavy atom. The third-order valence-electron chi connectivity index (χ3n) is 3.04. The molecule has 2 aromatic carbocycles. The highest BCUT2D eigenvalue weighted by molar-refractivity contribution is 9.11. The first-order valence-corrected chi connectivity index (χ1v) is 8.41. The van der Waals surface area contributed by atoms with E-state index in [-0.39, 0.29) is 0 Å². The van der Waals surface area contributed by atoms with Gasteiger partial charge in [0.15, 0.2) is 11.6 Å². The zero-order valence-corrected chi connectivity index (χ0v) is 15.4. The summed E-state index contributed by atoms with van der Waals surface area (Å²) in [7, 11) is 0. The van der Waals surface area contributed by atoms with Gasteiger partial charge >= 0.3 is 0 Å². The fourth-order valence-corrected chi connectivity index (χ4v) is 3.79. The van der Waals surface area contributed by atoms with Gasteiger partial charge in [0.1, 0.15) is 0 Å². The van der Waals surface area contributed by atoms with Gasteiger partial charge in [0.2, 0.25) is 0 Å². The highest BCUT2D eigenvalue weighted by Crippen LogP contribution is 2.42. The summed E-state index contributed by atoms with van der Waals surface area (Å²) in [5, 5.41) is 3.92. The zero-order valence-electron chi connectivity index (χ0n) is 10.6. The summed E-state index contributed by atoms with van der Waals surface area (Å²) < 4.78 is 8.29. The molecule has 0 bridgehead atoms. The van der Waals surface area contributed by atoms with Crippen molar-refractivity contribution in [1.29, 1.82) is 0 Å². The second-order valence-electron chi connectivity index (χ2n) is 4.38. The molecule has 0 radical (unpaired) electrons. The predicted octanol–water partition coefficient (Wildman–Crippen LogP) is 5.88. The third-order valence-corrected chi connectivity index (χ3v) is 4.88. The Kier molecular flexibility index (Phi) is 4.19. The molecule has 1 aromatic heterocycles. The van der Waals surface area contributed by atoms with Gasteiger partial charge in [-0.1, -0.05) is 55.2 Å². The molecule has 0 aliphatic rings. The number of hydrogen-bond acceptors (Lipinski definition) is 3. The van der Waals surface area contributed by atoms with Crippen molar-refractivity contribution in [3.8, 4) is 22.5 Å². The number of hydrogen-bond donors (Lipinski definition) is 1. The van der Waals surface area contributed by atoms with E-state index in [1.807, 2.05) is 42.5 Å². The van der Waals surface area contributed by atoms with E-state index < -0.39 is 0 Å². The second kappa shape index (κ2) is 5.94. The highest BCUT2D eigenvalue weighted by atomic mass is 79.9. The fourth-order valence-electron chi connectivity index (χ4n) is 2.08. The Balaban J connectivity index is 2.25. The Bertz CT molecular complexity index is 814. The third kappa shape index (κ3) is 2.80. The monoisotopic (exact) mass is 470 g/mol. The van der Waals surface area contributed by atoms with Gasteiger partial charge in [0.05, 0.1) is 5.56 Å². The highest BCUT2D eigenvalue weighted by Gasteiger charge is 2.21. The molecule has 6 heteroatoms. The van der Waals surface area contributed by atoms with E-state index in [4.69, 9.17) is 10.3 Å². The Hall–Kier alpha value is -1.11. The maximum Gasteiger partial charge on any atom is 0.178 e. The number of halogens is 3. The minimum Gasteiger partial charge on any atom is -0.380 e. The van der Waals surface area contributed by atoms with E-state index >= 15 is 0 Å². The van der Waals surface area contributed by atoms with Crippen LogP contribution in [0.5, 0.6) is 0 Å². The molecule has 2 N–H and O–H groups in total. The number of nitrogen functional groups attached to an aromatic ring is 1. The fraction of sp³-hybridized carbons (Fsp3) is 0. The number of aromatic nitrogens is 1. The van der Waals surface area contributed by atoms with Gasteiger partial charge < -0.3 is 10.3 Å². The summed E-state index contributed by atoms with van der Waals surface area (Å²) in [6.07, 6.45) is 0. The summed E-state index contributed by atoms with van der Waals surface area (Å²) in [5.41, 5.74) is 8.63. The molecular formula is C15H9Br3N2O. The van der Waals surface area contributed by atoms with Crippen molar-refractivity contribution in [3.05, 3.63) is 55.9 Å². The van der Waals surface area contributed by atoms with E-state index in [2.05, 4.69) is 52.9 Å². The Morgan fingerprint density at radius 1 is 0.905 bits per heavy atom. The van der Waals surface area contributed by atoms with Crippen LogP contribution in [0.4, 0.5) is 5.82 Å². The van der Waals surface area contributed by atoms with Crippen molar-refractivity contribution in [3.63, 3.8) is 0 Å². The van der Waals surface area contributed by atoms with Crippen molar-refractivity contribution < 1.29 is 4.52 Å². The molecule has 106 valence electrons. The molecule has 21 heavy (non-hydrogen) atoms. The second-order valence-corrected chi connectivity index (χ2v) is 7.00. The first-order valence-electron chi connectivity index (χ1n) is 6.03. The molecule has 1 heterocycles. The molecule has 0 spiro atoms. The molecule has 0 saturated carbocycles. The molecule has 0 saturated heterocycles. The molecule has 3 aromatic rings. The maximum absolute atomic E-state index is 6.01. The molecule has 0 atom stereocenters. The van der Waals surface area contributed by atoms with Crippen molar-refractivity contribution in [2.45, 2.75) is 0 Å². The molecule has 0 fully saturated rings. The SMILES string of the molecule is Nc1noc(-c2ccc(Br)cc2Br)c1-c1ccccc1Br. The smallest absolute Gasteiger partial charge is 0.178 e. The summed E-state index contributed by atoms with van der Waals surface area (Å²) >= 11 is 10.5. The molecule has 0 unspecified atom stereocenters. The molecule has 0 amide bonds. The maximum atomic E-state index is 6.01. The van der Waals surface area contributed by atoms with E-state index in [1.54, 1.807) is 0 Å². The predicted molar refractivity (Wildman–Crippen MR) is 94.9 cm³/mol. The summed E-state index contributed by atoms with van der Waals surface area (Å²) in [6, 6.07) is 13.7. The number of rotatable bonds is 2. The largest absolute Gasteiger partial charge is 0.380 e. The van der Waals surface area contributed by atoms with Gasteiger partial charge in [-0.3, -0.25) is 0 Å². The topological polar surface area (TPSA) is 52.0 Å². The molecule has 3 nitrogen and oxygen atoms in total. The number of benzene rings is 2. The molecule has 3 rings (SSSR count). The van der Waals surface area contributed by atoms with Crippen molar-refractivity contribution >= 4 is 53.6 Å². The van der Waals surface area contributed by atoms with Crippen LogP contribution in [-0.4, -0.2) is 5.16 Å². The number of nitrogens with two attached hydrogens (primary N) is 1. The van der Waals surface area contributed by atoms with Crippen LogP contribution < -0.4 is 5.73 Å². The standard InChI is InChI=1S/C15H9Br3N2O/c16-8-5-6-10(12(18)7-8)14-13(15(19)20-21-14)9-3-1-2-4-11(9)17/h1-7H,(H2,19,20). The summed E-state index contributed by atoms with van der Waals surface area (Å²) in [6.45, 7) is 0. The number of nitrogens with zero attached hydrogens (tertiary/aromatic N) is 1. The van der Waals surface area contributed by atoms with Crippen molar-refractivity contribution in [1.82, 2.24) is 5.16 Å². The van der Waals surface area contributed by atoms with Gasteiger partial charge in [0.25, 0.3) is 0 Å². The molecular weight excluding hydrogens is 464 g/mol. The van der Waals surface area contributed by atoms with Gasteiger partial charge in [-0.2, -0.15) is 0 Å². The van der Waals surface area contributed by atoms with Crippen LogP contribution in [0.25, 0.3) is 22.5 Å². The first kappa shape index (κ1) is 14.8. The number of anilines is 1. The quantitative estimate of drug-likeness (QED) is 0.507. The molecule has 0 aliphatic carbocycles. The first-order chi connectivity index (χ1) is 10.1. The lowest BCUT2D eigenvalue weighted by molar-refractivity contribution is 0.436. The average Bonchev–Trinajstić information content (AvgIpc) is 2.81. The minimum atomic E-state index is 0.367. The van der Waals surface area contributed by atoms with Crippen LogP contribution in [-0.2, 0) is 0 Å². The lowest BCUT2D eigenvalue weighted by Crippen LogP contribution is -1.90. The molecule has 0 aliphatic heterocycles. The van der Waals surface area contributed by atoms with Crippen molar-refractivity contribution in [2.75, 3.05) is 5.73 Å². The van der Waals surface area contributed by atoms with E-state index in [0.717, 1.165) is 30.1 Å². The normalized spacial score (nSPS) is 10.8. The lowest BCUT2D eigenvalue weighted by atomic mass is 10.0. The van der Waals surface area contributed by atoms with E-state index in [0.29, 0.717) is 11.6 Å². The van der Waals surface area contributed by atoms with Crippen LogP contribution in [0.2, 0.25) is 0 Å². The van der Waals surface area contributed by atoms with Crippen LogP contribution in [0.3, 0.4) is 0 Å². The average molecular weight is 473 g/mol. The van der Waals surface area contributed by atoms with Gasteiger partial charge in [-0.25, -0.2) is 0 Å². The van der Waals surface area contributed by atoms with Crippen molar-refractivity contribution in [2.24, 2.45) is 0 Å². The van der Waals surface area contributed by atoms with Gasteiger partial charge in [-0.05, 0) is 40.2 Å². The lowest BCUT2D eigenvalue weighted by Gasteiger charge is -2.07. The van der Waals surface area contributed by atoms with Crippen LogP contribution in [0.15, 0.2) is 60.4 Å². The van der Waals surface area contributed by atoms with Crippen LogP contribution in [0.1, 0.15) is 0 Å². The van der Waals surface area contributed by atoms with Crippen LogP contribution in [0, 0.1) is 0 Å². The van der Waals surface area contributed by atoms with Crippen LogP contribution >= 0.6 is 47.8 Å². The van der Waals surface area contributed by atoms with E-state index in [9.17, 15) is 0 Å². The van der Waals surface area contributed by atoms with Gasteiger partial charge in [-0.15, -0.1) is 0 Å². The minimum absolute atomic E-state index is 0.367.